The summed E-state index contributed by atoms with van der Waals surface area (Å²) in [5.74, 6) is -9.21. The fraction of sp³-hybridized carbons (Fsp3) is 0.585. The van der Waals surface area contributed by atoms with Crippen molar-refractivity contribution in [3.8, 4) is 17.2 Å². The van der Waals surface area contributed by atoms with E-state index in [2.05, 4.69) is 19.2 Å². The summed E-state index contributed by atoms with van der Waals surface area (Å²) in [4.78, 5) is 95.9. The van der Waals surface area contributed by atoms with Crippen LogP contribution in [0, 0.1) is 47.8 Å². The molecule has 13 nitrogen and oxygen atoms in total. The molecule has 3 heterocycles. The number of hydrogen-bond acceptors (Lipinski definition) is 12. The summed E-state index contributed by atoms with van der Waals surface area (Å²) in [5, 5.41) is 3.21. The fourth-order valence-electron chi connectivity index (χ4n) is 9.91. The first-order valence-electron chi connectivity index (χ1n) is 18.6. The third-order valence-electron chi connectivity index (χ3n) is 11.9. The van der Waals surface area contributed by atoms with Gasteiger partial charge in [-0.2, -0.15) is 0 Å². The maximum atomic E-state index is 16.0. The molecule has 5 aliphatic rings. The van der Waals surface area contributed by atoms with Crippen molar-refractivity contribution >= 4 is 41.4 Å². The highest BCUT2D eigenvalue weighted by Gasteiger charge is 2.71. The number of esters is 4. The maximum absolute atomic E-state index is 16.0. The zero-order valence-electron chi connectivity index (χ0n) is 32.4. The van der Waals surface area contributed by atoms with Crippen LogP contribution in [0.2, 0.25) is 0 Å². The van der Waals surface area contributed by atoms with E-state index >= 15 is 4.79 Å². The normalized spacial score (nSPS) is 33.5. The fourth-order valence-corrected chi connectivity index (χ4v) is 9.91. The van der Waals surface area contributed by atoms with Crippen molar-refractivity contribution in [2.75, 3.05) is 0 Å². The van der Waals surface area contributed by atoms with Crippen molar-refractivity contribution in [1.82, 2.24) is 5.32 Å². The second-order valence-corrected chi connectivity index (χ2v) is 16.0. The zero-order chi connectivity index (χ0) is 39.7. The Balaban J connectivity index is 1.68. The highest BCUT2D eigenvalue weighted by Crippen LogP contribution is 2.67. The summed E-state index contributed by atoms with van der Waals surface area (Å²) < 4.78 is 29.1. The molecule has 13 heteroatoms. The average molecular weight is 748 g/mol. The van der Waals surface area contributed by atoms with Crippen LogP contribution >= 0.6 is 0 Å². The lowest BCUT2D eigenvalue weighted by Crippen LogP contribution is -2.56. The highest BCUT2D eigenvalue weighted by molar-refractivity contribution is 6.12. The third kappa shape index (κ3) is 6.17. The van der Waals surface area contributed by atoms with Crippen LogP contribution in [0.5, 0.6) is 17.2 Å². The van der Waals surface area contributed by atoms with Gasteiger partial charge < -0.3 is 29.0 Å². The SMILES string of the molecule is CC(=O)Oc1c(C)c2c(c(OC(C)=O)c1OC(C)=O)[C@H]1O[C@@H]2[C@H]2C(=O)[C@H](OC(C)=O)CC/C(C)=C/[C@H]3C=C(C)[C@@H](C)C4[C@H](CC(C)C)NC(=O)[C@]43C(=O)[C@@H]21. The van der Waals surface area contributed by atoms with Crippen LogP contribution in [-0.4, -0.2) is 53.5 Å². The second kappa shape index (κ2) is 14.2. The summed E-state index contributed by atoms with van der Waals surface area (Å²) in [5.41, 5.74) is 0.937. The Morgan fingerprint density at radius 3 is 2.02 bits per heavy atom. The molecule has 0 radical (unpaired) electrons. The van der Waals surface area contributed by atoms with Crippen LogP contribution in [-0.2, 0) is 43.0 Å². The number of fused-ring (bicyclic) bond motifs is 8. The van der Waals surface area contributed by atoms with Gasteiger partial charge in [0.15, 0.2) is 29.2 Å². The molecule has 1 aromatic rings. The van der Waals surface area contributed by atoms with Crippen LogP contribution in [0.15, 0.2) is 23.3 Å². The van der Waals surface area contributed by atoms with Crippen LogP contribution in [0.4, 0.5) is 0 Å². The monoisotopic (exact) mass is 747 g/mol. The second-order valence-electron chi connectivity index (χ2n) is 16.0. The highest BCUT2D eigenvalue weighted by atomic mass is 16.6. The van der Waals surface area contributed by atoms with Crippen molar-refractivity contribution < 1.29 is 57.2 Å². The molecule has 2 fully saturated rings. The predicted molar refractivity (Wildman–Crippen MR) is 191 cm³/mol. The molecule has 1 unspecified atom stereocenters. The van der Waals surface area contributed by atoms with Crippen LogP contribution < -0.4 is 19.5 Å². The maximum Gasteiger partial charge on any atom is 0.308 e. The Morgan fingerprint density at radius 2 is 1.43 bits per heavy atom. The van der Waals surface area contributed by atoms with Gasteiger partial charge in [0, 0.05) is 56.7 Å². The van der Waals surface area contributed by atoms with Crippen LogP contribution in [0.3, 0.4) is 0 Å². The molecule has 290 valence electrons. The molecule has 6 rings (SSSR count). The Kier molecular flexibility index (Phi) is 10.3. The molecule has 54 heavy (non-hydrogen) atoms. The molecule has 1 N–H and O–H groups in total. The standard InChI is InChI=1S/C41H49NO12/c1-16(2)13-26-32-19(5)18(4)15-25-14-17(3)11-12-27(50-21(7)43)33(47)29-31(39(48)41(25,32)40(49)42-26)36-30-28(35(29)54-36)20(6)34(51-22(8)44)38(53-24(10)46)37(30)52-23(9)45/h14-16,19,25-27,29,31-32,35-36H,11-13H2,1-10H3,(H,42,49)/b17-14+/t19-,25+,26+,27-,29-,31+,32?,35+,36-,41+/m1/s1. The lowest BCUT2D eigenvalue weighted by Gasteiger charge is -2.47. The summed E-state index contributed by atoms with van der Waals surface area (Å²) >= 11 is 0. The number of hydrogen-bond donors (Lipinski definition) is 1. The number of carbonyl (C=O) groups is 7. The molecule has 2 aliphatic carbocycles. The van der Waals surface area contributed by atoms with Crippen molar-refractivity contribution in [3.63, 3.8) is 0 Å². The van der Waals surface area contributed by atoms with E-state index in [0.29, 0.717) is 18.4 Å². The van der Waals surface area contributed by atoms with Crippen molar-refractivity contribution in [1.29, 1.82) is 0 Å². The minimum atomic E-state index is -1.66. The first kappa shape index (κ1) is 39.1. The first-order chi connectivity index (χ1) is 25.3. The van der Waals surface area contributed by atoms with Gasteiger partial charge in [0.2, 0.25) is 11.7 Å². The Hall–Kier alpha value is -4.65. The molecule has 3 aliphatic heterocycles. The van der Waals surface area contributed by atoms with Crippen molar-refractivity contribution in [3.05, 3.63) is 40.0 Å². The van der Waals surface area contributed by atoms with Gasteiger partial charge in [-0.15, -0.1) is 0 Å². The van der Waals surface area contributed by atoms with Gasteiger partial charge in [0.25, 0.3) is 0 Å². The van der Waals surface area contributed by atoms with Gasteiger partial charge in [0.1, 0.15) is 5.41 Å². The van der Waals surface area contributed by atoms with Crippen LogP contribution in [0.25, 0.3) is 0 Å². The van der Waals surface area contributed by atoms with Crippen LogP contribution in [0.1, 0.15) is 110 Å². The van der Waals surface area contributed by atoms with Gasteiger partial charge in [-0.05, 0) is 57.4 Å². The smallest absolute Gasteiger partial charge is 0.308 e. The molecule has 2 saturated heterocycles. The molecule has 1 aromatic carbocycles. The quantitative estimate of drug-likeness (QED) is 0.172. The lowest BCUT2D eigenvalue weighted by atomic mass is 9.51. The summed E-state index contributed by atoms with van der Waals surface area (Å²) in [6, 6.07) is -0.350. The molecule has 0 aromatic heterocycles. The largest absolute Gasteiger partial charge is 0.455 e. The number of ether oxygens (including phenoxy) is 5. The third-order valence-corrected chi connectivity index (χ3v) is 11.9. The molecule has 10 atom stereocenters. The van der Waals surface area contributed by atoms with Gasteiger partial charge in [-0.1, -0.05) is 44.1 Å². The van der Waals surface area contributed by atoms with E-state index in [4.69, 9.17) is 23.7 Å². The molecule has 2 bridgehead atoms. The van der Waals surface area contributed by atoms with E-state index < -0.39 is 88.7 Å². The van der Waals surface area contributed by atoms with Crippen molar-refractivity contribution in [2.24, 2.45) is 40.9 Å². The number of rotatable bonds is 6. The van der Waals surface area contributed by atoms with E-state index in [1.165, 1.54) is 6.92 Å². The summed E-state index contributed by atoms with van der Waals surface area (Å²) in [7, 11) is 0. The number of amides is 1. The summed E-state index contributed by atoms with van der Waals surface area (Å²) in [6.45, 7) is 16.2. The Labute approximate surface area is 314 Å². The molecule has 1 spiro atoms. The van der Waals surface area contributed by atoms with Gasteiger partial charge in [-0.25, -0.2) is 0 Å². The number of benzene rings is 1. The lowest BCUT2D eigenvalue weighted by molar-refractivity contribution is -0.157. The predicted octanol–water partition coefficient (Wildman–Crippen LogP) is 5.30. The number of nitrogens with one attached hydrogen (secondary N) is 1. The molecular weight excluding hydrogens is 698 g/mol. The average Bonchev–Trinajstić information content (AvgIpc) is 3.71. The number of allylic oxidation sites excluding steroid dienone is 4. The Bertz CT molecular complexity index is 1920. The number of ketones is 2. The molecular formula is C41H49NO12. The van der Waals surface area contributed by atoms with E-state index in [1.807, 2.05) is 32.9 Å². The van der Waals surface area contributed by atoms with Gasteiger partial charge in [-0.3, -0.25) is 33.6 Å². The van der Waals surface area contributed by atoms with E-state index in [-0.39, 0.29) is 52.7 Å². The topological polar surface area (TPSA) is 178 Å². The van der Waals surface area contributed by atoms with Crippen molar-refractivity contribution in [2.45, 2.75) is 113 Å². The van der Waals surface area contributed by atoms with Gasteiger partial charge in [0.05, 0.1) is 24.0 Å². The molecule has 1 amide bonds. The van der Waals surface area contributed by atoms with E-state index in [9.17, 15) is 28.8 Å². The zero-order valence-corrected chi connectivity index (χ0v) is 32.4. The Morgan fingerprint density at radius 1 is 0.833 bits per heavy atom. The minimum absolute atomic E-state index is 0.120. The minimum Gasteiger partial charge on any atom is -0.455 e. The van der Waals surface area contributed by atoms with Gasteiger partial charge >= 0.3 is 23.9 Å². The molecule has 0 saturated carbocycles. The van der Waals surface area contributed by atoms with E-state index in [0.717, 1.165) is 31.9 Å². The first-order valence-corrected chi connectivity index (χ1v) is 18.6. The number of Topliss-reactive ketones (excluding diaryl/α,β-unsaturated/α-hetero) is 2. The number of carbonyl (C=O) groups excluding carboxylic acids is 7. The summed E-state index contributed by atoms with van der Waals surface area (Å²) in [6.07, 6.45) is 1.29. The van der Waals surface area contributed by atoms with E-state index in [1.54, 1.807) is 6.92 Å².